The molecule has 0 radical (unpaired) electrons. The summed E-state index contributed by atoms with van der Waals surface area (Å²) >= 11 is 0. The van der Waals surface area contributed by atoms with Crippen LogP contribution in [-0.4, -0.2) is 15.9 Å². The molecule has 0 aliphatic rings. The van der Waals surface area contributed by atoms with E-state index in [1.54, 1.807) is 36.5 Å². The Bertz CT molecular complexity index is 1020. The van der Waals surface area contributed by atoms with Gasteiger partial charge < -0.3 is 4.74 Å². The summed E-state index contributed by atoms with van der Waals surface area (Å²) in [4.78, 5) is 21.5. The van der Waals surface area contributed by atoms with E-state index in [-0.39, 0.29) is 5.75 Å². The molecule has 0 saturated carbocycles. The SMILES string of the molecule is CCCCCCCc1cnc(-c2ccc(C(=O)Oc3ccc(CCCC)cc3F)cc2)cn1. The second kappa shape index (κ2) is 12.8. The molecule has 1 aromatic heterocycles. The van der Waals surface area contributed by atoms with Crippen molar-refractivity contribution in [3.8, 4) is 17.0 Å². The van der Waals surface area contributed by atoms with Gasteiger partial charge in [0.25, 0.3) is 0 Å². The Hall–Kier alpha value is -3.08. The van der Waals surface area contributed by atoms with Crippen molar-refractivity contribution in [1.29, 1.82) is 0 Å². The van der Waals surface area contributed by atoms with Gasteiger partial charge in [-0.05, 0) is 55.5 Å². The summed E-state index contributed by atoms with van der Waals surface area (Å²) < 4.78 is 19.6. The highest BCUT2D eigenvalue weighted by Gasteiger charge is 2.13. The van der Waals surface area contributed by atoms with E-state index in [0.29, 0.717) is 5.56 Å². The molecular weight excluding hydrogens is 415 g/mol. The summed E-state index contributed by atoms with van der Waals surface area (Å²) in [6.07, 6.45) is 13.5. The number of ether oxygens (including phenoxy) is 1. The minimum atomic E-state index is -0.591. The van der Waals surface area contributed by atoms with E-state index >= 15 is 0 Å². The third-order valence-corrected chi connectivity index (χ3v) is 5.68. The van der Waals surface area contributed by atoms with Crippen LogP contribution < -0.4 is 4.74 Å². The molecular formula is C28H33FN2O2. The fourth-order valence-corrected chi connectivity index (χ4v) is 3.64. The standard InChI is InChI=1S/C28H33FN2O2/c1-3-5-7-8-9-11-24-19-31-26(20-30-24)22-13-15-23(16-14-22)28(32)33-27-17-12-21(10-6-4-2)18-25(27)29/h12-20H,3-11H2,1-2H3. The zero-order chi connectivity index (χ0) is 23.5. The number of carbonyl (C=O) groups is 1. The van der Waals surface area contributed by atoms with Gasteiger partial charge in [-0.1, -0.05) is 64.2 Å². The number of carbonyl (C=O) groups excluding carboxylic acids is 1. The molecule has 174 valence electrons. The molecule has 0 unspecified atom stereocenters. The van der Waals surface area contributed by atoms with Gasteiger partial charge in [-0.25, -0.2) is 9.18 Å². The van der Waals surface area contributed by atoms with Crippen LogP contribution in [0.4, 0.5) is 4.39 Å². The molecule has 5 heteroatoms. The third kappa shape index (κ3) is 7.48. The number of benzene rings is 2. The first-order valence-electron chi connectivity index (χ1n) is 12.0. The molecule has 3 rings (SSSR count). The Morgan fingerprint density at radius 3 is 2.27 bits per heavy atom. The van der Waals surface area contributed by atoms with Gasteiger partial charge in [-0.3, -0.25) is 9.97 Å². The first kappa shape index (κ1) is 24.6. The fraction of sp³-hybridized carbons (Fsp3) is 0.393. The van der Waals surface area contributed by atoms with Gasteiger partial charge in [0.05, 0.1) is 23.1 Å². The number of aromatic nitrogens is 2. The Morgan fingerprint density at radius 2 is 1.61 bits per heavy atom. The molecule has 33 heavy (non-hydrogen) atoms. The van der Waals surface area contributed by atoms with Crippen LogP contribution in [0.15, 0.2) is 54.9 Å². The van der Waals surface area contributed by atoms with Crippen LogP contribution in [-0.2, 0) is 12.8 Å². The van der Waals surface area contributed by atoms with Crippen molar-refractivity contribution < 1.29 is 13.9 Å². The second-order valence-electron chi connectivity index (χ2n) is 8.39. The number of esters is 1. The molecule has 0 N–H and O–H groups in total. The highest BCUT2D eigenvalue weighted by molar-refractivity contribution is 5.91. The summed E-state index contributed by atoms with van der Waals surface area (Å²) in [5.41, 5.74) is 3.86. The van der Waals surface area contributed by atoms with Gasteiger partial charge in [0, 0.05) is 11.8 Å². The highest BCUT2D eigenvalue weighted by Crippen LogP contribution is 2.22. The number of aryl methyl sites for hydroxylation is 2. The summed E-state index contributed by atoms with van der Waals surface area (Å²) in [6.45, 7) is 4.31. The van der Waals surface area contributed by atoms with Gasteiger partial charge in [-0.15, -0.1) is 0 Å². The average molecular weight is 449 g/mol. The first-order chi connectivity index (χ1) is 16.1. The zero-order valence-electron chi connectivity index (χ0n) is 19.6. The smallest absolute Gasteiger partial charge is 0.343 e. The van der Waals surface area contributed by atoms with Crippen molar-refractivity contribution in [2.24, 2.45) is 0 Å². The Labute approximate surface area is 196 Å². The van der Waals surface area contributed by atoms with Gasteiger partial charge in [0.15, 0.2) is 11.6 Å². The van der Waals surface area contributed by atoms with Crippen LogP contribution in [0.1, 0.15) is 80.4 Å². The molecule has 0 aliphatic heterocycles. The largest absolute Gasteiger partial charge is 0.420 e. The minimum absolute atomic E-state index is 0.0551. The topological polar surface area (TPSA) is 52.1 Å². The van der Waals surface area contributed by atoms with Crippen LogP contribution in [0.25, 0.3) is 11.3 Å². The highest BCUT2D eigenvalue weighted by atomic mass is 19.1. The van der Waals surface area contributed by atoms with E-state index < -0.39 is 11.8 Å². The molecule has 2 aromatic carbocycles. The number of nitrogens with zero attached hydrogens (tertiary/aromatic N) is 2. The zero-order valence-corrected chi connectivity index (χ0v) is 19.6. The van der Waals surface area contributed by atoms with Crippen LogP contribution >= 0.6 is 0 Å². The Balaban J connectivity index is 1.56. The Morgan fingerprint density at radius 1 is 0.848 bits per heavy atom. The quantitative estimate of drug-likeness (QED) is 0.165. The maximum atomic E-state index is 14.3. The summed E-state index contributed by atoms with van der Waals surface area (Å²) in [5.74, 6) is -1.17. The molecule has 0 aliphatic carbocycles. The lowest BCUT2D eigenvalue weighted by atomic mass is 10.1. The number of hydrogen-bond donors (Lipinski definition) is 0. The second-order valence-corrected chi connectivity index (χ2v) is 8.39. The van der Waals surface area contributed by atoms with Gasteiger partial charge in [-0.2, -0.15) is 0 Å². The monoisotopic (exact) mass is 448 g/mol. The van der Waals surface area contributed by atoms with Crippen molar-refractivity contribution in [3.05, 3.63) is 77.5 Å². The summed E-state index contributed by atoms with van der Waals surface area (Å²) in [6, 6.07) is 11.7. The average Bonchev–Trinajstić information content (AvgIpc) is 2.84. The lowest BCUT2D eigenvalue weighted by Crippen LogP contribution is -2.09. The number of rotatable bonds is 12. The van der Waals surface area contributed by atoms with Crippen LogP contribution in [0.5, 0.6) is 5.75 Å². The van der Waals surface area contributed by atoms with Crippen molar-refractivity contribution in [1.82, 2.24) is 9.97 Å². The molecule has 0 amide bonds. The third-order valence-electron chi connectivity index (χ3n) is 5.68. The lowest BCUT2D eigenvalue weighted by molar-refractivity contribution is 0.0728. The lowest BCUT2D eigenvalue weighted by Gasteiger charge is -2.08. The molecule has 3 aromatic rings. The maximum Gasteiger partial charge on any atom is 0.343 e. The van der Waals surface area contributed by atoms with E-state index in [1.807, 2.05) is 6.20 Å². The summed E-state index contributed by atoms with van der Waals surface area (Å²) in [5, 5.41) is 0. The first-order valence-corrected chi connectivity index (χ1v) is 12.0. The molecule has 0 fully saturated rings. The maximum absolute atomic E-state index is 14.3. The predicted molar refractivity (Wildman–Crippen MR) is 130 cm³/mol. The van der Waals surface area contributed by atoms with Gasteiger partial charge in [0.1, 0.15) is 0 Å². The van der Waals surface area contributed by atoms with E-state index in [4.69, 9.17) is 4.74 Å². The number of halogens is 1. The van der Waals surface area contributed by atoms with Crippen LogP contribution in [0.3, 0.4) is 0 Å². The molecule has 4 nitrogen and oxygen atoms in total. The van der Waals surface area contributed by atoms with Gasteiger partial charge >= 0.3 is 5.97 Å². The van der Waals surface area contributed by atoms with E-state index in [0.717, 1.165) is 54.6 Å². The molecule has 0 spiro atoms. The molecule has 1 heterocycles. The Kier molecular flexibility index (Phi) is 9.55. The molecule has 0 atom stereocenters. The van der Waals surface area contributed by atoms with E-state index in [1.165, 1.54) is 37.8 Å². The van der Waals surface area contributed by atoms with Gasteiger partial charge in [0.2, 0.25) is 0 Å². The predicted octanol–water partition coefficient (Wildman–Crippen LogP) is 7.36. The number of unbranched alkanes of at least 4 members (excludes halogenated alkanes) is 5. The summed E-state index contributed by atoms with van der Waals surface area (Å²) in [7, 11) is 0. The molecule has 0 saturated heterocycles. The molecule has 0 bridgehead atoms. The van der Waals surface area contributed by atoms with E-state index in [9.17, 15) is 9.18 Å². The van der Waals surface area contributed by atoms with Crippen molar-refractivity contribution in [2.45, 2.75) is 71.6 Å². The van der Waals surface area contributed by atoms with E-state index in [2.05, 4.69) is 23.8 Å². The van der Waals surface area contributed by atoms with Crippen molar-refractivity contribution >= 4 is 5.97 Å². The van der Waals surface area contributed by atoms with Crippen LogP contribution in [0.2, 0.25) is 0 Å². The van der Waals surface area contributed by atoms with Crippen molar-refractivity contribution in [2.75, 3.05) is 0 Å². The number of hydrogen-bond acceptors (Lipinski definition) is 4. The van der Waals surface area contributed by atoms with Crippen molar-refractivity contribution in [3.63, 3.8) is 0 Å². The normalized spacial score (nSPS) is 10.9. The minimum Gasteiger partial charge on any atom is -0.420 e. The van der Waals surface area contributed by atoms with Crippen LogP contribution in [0, 0.1) is 5.82 Å². The fourth-order valence-electron chi connectivity index (χ4n) is 3.64.